The van der Waals surface area contributed by atoms with Crippen molar-refractivity contribution < 1.29 is 24.5 Å². The van der Waals surface area contributed by atoms with E-state index in [1.807, 2.05) is 6.08 Å². The number of hydrogen-bond acceptors (Lipinski definition) is 3. The van der Waals surface area contributed by atoms with E-state index in [0.29, 0.717) is 18.1 Å². The molecule has 1 fully saturated rings. The predicted octanol–water partition coefficient (Wildman–Crippen LogP) is 2.79. The normalized spacial score (nSPS) is 22.6. The number of carbonyl (C=O) groups is 2. The van der Waals surface area contributed by atoms with Crippen molar-refractivity contribution in [3.8, 4) is 0 Å². The summed E-state index contributed by atoms with van der Waals surface area (Å²) in [4.78, 5) is 20.8. The predicted molar refractivity (Wildman–Crippen MR) is 79.0 cm³/mol. The summed E-state index contributed by atoms with van der Waals surface area (Å²) in [7, 11) is 0. The maximum atomic E-state index is 10.6. The monoisotopic (exact) mass is 294 g/mol. The van der Waals surface area contributed by atoms with Crippen LogP contribution in [0.1, 0.15) is 32.1 Å². The molecule has 5 heteroatoms. The summed E-state index contributed by atoms with van der Waals surface area (Å²) in [5.41, 5.74) is 0.848. The fourth-order valence-corrected chi connectivity index (χ4v) is 2.15. The van der Waals surface area contributed by atoms with Gasteiger partial charge in [-0.1, -0.05) is 18.7 Å². The number of hydrogen-bond donors (Lipinski definition) is 2. The highest BCUT2D eigenvalue weighted by molar-refractivity contribution is 5.87. The average molecular weight is 294 g/mol. The third-order valence-corrected chi connectivity index (χ3v) is 3.49. The molecule has 2 aliphatic rings. The van der Waals surface area contributed by atoms with Gasteiger partial charge in [-0.05, 0) is 38.0 Å². The lowest BCUT2D eigenvalue weighted by Gasteiger charge is -2.07. The van der Waals surface area contributed by atoms with Crippen LogP contribution in [0.25, 0.3) is 0 Å². The Bertz CT molecular complexity index is 446. The smallest absolute Gasteiger partial charge is 0.331 e. The summed E-state index contributed by atoms with van der Waals surface area (Å²) >= 11 is 0. The standard InChI is InChI=1S/C9H12O2.C7H10O3/c1-2-4-7-5-3-6-8(7)9(10)11;1-5(7(8)9)2-3-6-4-10-6/h2,6-7H,1,3-5H2,(H,10,11);6H,1-4H2,(H,8,9). The third kappa shape index (κ3) is 6.40. The molecular formula is C16H22O5. The molecule has 0 bridgehead atoms. The molecule has 2 N–H and O–H groups in total. The molecule has 0 radical (unpaired) electrons. The molecule has 0 aromatic carbocycles. The number of aliphatic carboxylic acids is 2. The van der Waals surface area contributed by atoms with E-state index in [1.54, 1.807) is 6.08 Å². The van der Waals surface area contributed by atoms with E-state index in [-0.39, 0.29) is 11.5 Å². The van der Waals surface area contributed by atoms with Gasteiger partial charge < -0.3 is 14.9 Å². The Hall–Kier alpha value is -1.88. The maximum Gasteiger partial charge on any atom is 0.331 e. The molecule has 0 aromatic heterocycles. The molecule has 0 aromatic rings. The first-order valence-corrected chi connectivity index (χ1v) is 7.02. The molecule has 1 aliphatic carbocycles. The van der Waals surface area contributed by atoms with E-state index < -0.39 is 11.9 Å². The minimum Gasteiger partial charge on any atom is -0.478 e. The van der Waals surface area contributed by atoms with Crippen molar-refractivity contribution in [2.75, 3.05) is 6.61 Å². The van der Waals surface area contributed by atoms with Crippen LogP contribution in [0.15, 0.2) is 36.5 Å². The highest BCUT2D eigenvalue weighted by Gasteiger charge is 2.23. The van der Waals surface area contributed by atoms with Gasteiger partial charge in [0.05, 0.1) is 12.7 Å². The maximum absolute atomic E-state index is 10.6. The van der Waals surface area contributed by atoms with Crippen molar-refractivity contribution in [1.29, 1.82) is 0 Å². The van der Waals surface area contributed by atoms with Gasteiger partial charge in [0, 0.05) is 11.1 Å². The Morgan fingerprint density at radius 1 is 1.43 bits per heavy atom. The first kappa shape index (κ1) is 17.2. The van der Waals surface area contributed by atoms with Crippen LogP contribution in [-0.4, -0.2) is 34.9 Å². The highest BCUT2D eigenvalue weighted by Crippen LogP contribution is 2.28. The van der Waals surface area contributed by atoms with Crippen LogP contribution < -0.4 is 0 Å². The number of carboxylic acid groups (broad SMARTS) is 2. The SMILES string of the molecule is C=C(CCC1CO1)C(=O)O.C=CCC1CCC=C1C(=O)O. The van der Waals surface area contributed by atoms with Gasteiger partial charge >= 0.3 is 11.9 Å². The van der Waals surface area contributed by atoms with E-state index in [2.05, 4.69) is 13.2 Å². The lowest BCUT2D eigenvalue weighted by Crippen LogP contribution is -2.07. The van der Waals surface area contributed by atoms with Gasteiger partial charge in [0.15, 0.2) is 0 Å². The topological polar surface area (TPSA) is 87.1 Å². The van der Waals surface area contributed by atoms with E-state index >= 15 is 0 Å². The Morgan fingerprint density at radius 3 is 2.57 bits per heavy atom. The molecular weight excluding hydrogens is 272 g/mol. The van der Waals surface area contributed by atoms with Crippen LogP contribution in [-0.2, 0) is 14.3 Å². The highest BCUT2D eigenvalue weighted by atomic mass is 16.6. The molecule has 2 rings (SSSR count). The summed E-state index contributed by atoms with van der Waals surface area (Å²) in [5.74, 6) is -1.46. The summed E-state index contributed by atoms with van der Waals surface area (Å²) in [6, 6.07) is 0. The van der Waals surface area contributed by atoms with Gasteiger partial charge in [-0.2, -0.15) is 0 Å². The fraction of sp³-hybridized carbons (Fsp3) is 0.500. The lowest BCUT2D eigenvalue weighted by atomic mass is 9.98. The number of epoxide rings is 1. The number of rotatable bonds is 7. The third-order valence-electron chi connectivity index (χ3n) is 3.49. The van der Waals surface area contributed by atoms with Crippen LogP contribution in [0.4, 0.5) is 0 Å². The van der Waals surface area contributed by atoms with Gasteiger partial charge in [0.1, 0.15) is 0 Å². The summed E-state index contributed by atoms with van der Waals surface area (Å²) < 4.78 is 4.90. The van der Waals surface area contributed by atoms with Crippen molar-refractivity contribution in [3.63, 3.8) is 0 Å². The molecule has 1 heterocycles. The van der Waals surface area contributed by atoms with Crippen molar-refractivity contribution >= 4 is 11.9 Å². The molecule has 1 aliphatic heterocycles. The number of carboxylic acids is 2. The van der Waals surface area contributed by atoms with E-state index in [1.165, 1.54) is 0 Å². The lowest BCUT2D eigenvalue weighted by molar-refractivity contribution is -0.134. The van der Waals surface area contributed by atoms with Crippen LogP contribution in [0.3, 0.4) is 0 Å². The minimum atomic E-state index is -0.902. The second-order valence-electron chi connectivity index (χ2n) is 5.17. The zero-order valence-corrected chi connectivity index (χ0v) is 12.1. The van der Waals surface area contributed by atoms with Gasteiger partial charge in [0.2, 0.25) is 0 Å². The summed E-state index contributed by atoms with van der Waals surface area (Å²) in [5, 5.41) is 17.1. The number of allylic oxidation sites excluding steroid dienone is 2. The first-order valence-electron chi connectivity index (χ1n) is 7.02. The van der Waals surface area contributed by atoms with Crippen LogP contribution in [0, 0.1) is 5.92 Å². The van der Waals surface area contributed by atoms with Gasteiger partial charge in [-0.3, -0.25) is 0 Å². The van der Waals surface area contributed by atoms with Crippen molar-refractivity contribution in [1.82, 2.24) is 0 Å². The molecule has 116 valence electrons. The summed E-state index contributed by atoms with van der Waals surface area (Å²) in [6.07, 6.45) is 7.90. The average Bonchev–Trinajstić information content (AvgIpc) is 3.14. The van der Waals surface area contributed by atoms with Crippen molar-refractivity contribution in [2.45, 2.75) is 38.2 Å². The Kier molecular flexibility index (Phi) is 6.88. The van der Waals surface area contributed by atoms with E-state index in [4.69, 9.17) is 14.9 Å². The Balaban J connectivity index is 0.000000211. The second-order valence-corrected chi connectivity index (χ2v) is 5.17. The molecule has 0 amide bonds. The Morgan fingerprint density at radius 2 is 2.10 bits per heavy atom. The molecule has 0 saturated carbocycles. The second kappa shape index (κ2) is 8.42. The van der Waals surface area contributed by atoms with Gasteiger partial charge in [-0.25, -0.2) is 9.59 Å². The minimum absolute atomic E-state index is 0.213. The molecule has 0 spiro atoms. The van der Waals surface area contributed by atoms with Crippen LogP contribution in [0.2, 0.25) is 0 Å². The zero-order chi connectivity index (χ0) is 15.8. The molecule has 1 saturated heterocycles. The quantitative estimate of drug-likeness (QED) is 0.428. The molecule has 2 atom stereocenters. The largest absolute Gasteiger partial charge is 0.478 e. The zero-order valence-electron chi connectivity index (χ0n) is 12.1. The van der Waals surface area contributed by atoms with E-state index in [0.717, 1.165) is 32.3 Å². The first-order chi connectivity index (χ1) is 9.95. The fourth-order valence-electron chi connectivity index (χ4n) is 2.15. The van der Waals surface area contributed by atoms with Gasteiger partial charge in [0.25, 0.3) is 0 Å². The van der Waals surface area contributed by atoms with Gasteiger partial charge in [-0.15, -0.1) is 6.58 Å². The summed E-state index contributed by atoms with van der Waals surface area (Å²) in [6.45, 7) is 7.78. The van der Waals surface area contributed by atoms with Crippen molar-refractivity contribution in [2.24, 2.45) is 5.92 Å². The molecule has 21 heavy (non-hydrogen) atoms. The van der Waals surface area contributed by atoms with Crippen LogP contribution in [0.5, 0.6) is 0 Å². The van der Waals surface area contributed by atoms with E-state index in [9.17, 15) is 9.59 Å². The van der Waals surface area contributed by atoms with Crippen LogP contribution >= 0.6 is 0 Å². The Labute approximate surface area is 124 Å². The molecule has 2 unspecified atom stereocenters. The van der Waals surface area contributed by atoms with Crippen molar-refractivity contribution in [3.05, 3.63) is 36.5 Å². The number of ether oxygens (including phenoxy) is 1. The molecule has 5 nitrogen and oxygen atoms in total.